The van der Waals surface area contributed by atoms with E-state index in [0.29, 0.717) is 18.8 Å². The summed E-state index contributed by atoms with van der Waals surface area (Å²) in [6.07, 6.45) is -0.706. The number of methoxy groups -OCH3 is 1. The van der Waals surface area contributed by atoms with Crippen molar-refractivity contribution in [3.05, 3.63) is 28.7 Å². The van der Waals surface area contributed by atoms with Gasteiger partial charge in [-0.3, -0.25) is 4.90 Å². The molecule has 2 atom stereocenters. The van der Waals surface area contributed by atoms with Crippen LogP contribution in [0.4, 0.5) is 4.79 Å². The summed E-state index contributed by atoms with van der Waals surface area (Å²) in [6.45, 7) is 0.622. The zero-order valence-corrected chi connectivity index (χ0v) is 13.1. The fourth-order valence-electron chi connectivity index (χ4n) is 2.39. The van der Waals surface area contributed by atoms with Crippen molar-refractivity contribution in [2.24, 2.45) is 5.92 Å². The summed E-state index contributed by atoms with van der Waals surface area (Å²) in [4.78, 5) is 23.9. The third-order valence-electron chi connectivity index (χ3n) is 3.39. The molecule has 6 nitrogen and oxygen atoms in total. The molecule has 1 N–H and O–H groups in total. The normalized spacial score (nSPS) is 21.1. The number of esters is 1. The van der Waals surface area contributed by atoms with Gasteiger partial charge in [0.05, 0.1) is 13.7 Å². The molecule has 21 heavy (non-hydrogen) atoms. The number of carbonyl (C=O) groups excluding carboxylic acids is 1. The molecule has 0 aromatic heterocycles. The van der Waals surface area contributed by atoms with Crippen LogP contribution >= 0.6 is 15.9 Å². The first-order valence-electron chi connectivity index (χ1n) is 6.47. The third kappa shape index (κ3) is 3.87. The Kier molecular flexibility index (Phi) is 5.06. The summed E-state index contributed by atoms with van der Waals surface area (Å²) in [5.41, 5.74) is 0. The molecular formula is C14H16BrNO5. The van der Waals surface area contributed by atoms with E-state index in [1.165, 1.54) is 7.11 Å². The predicted octanol–water partition coefficient (Wildman–Crippen LogP) is 2.37. The van der Waals surface area contributed by atoms with E-state index in [9.17, 15) is 9.59 Å². The molecule has 0 spiro atoms. The Bertz CT molecular complexity index is 536. The van der Waals surface area contributed by atoms with Crippen molar-refractivity contribution in [2.75, 3.05) is 20.3 Å². The van der Waals surface area contributed by atoms with E-state index < -0.39 is 18.1 Å². The molecule has 1 aromatic carbocycles. The number of hydrogen-bond donors (Lipinski definition) is 1. The van der Waals surface area contributed by atoms with Crippen molar-refractivity contribution in [3.8, 4) is 5.75 Å². The van der Waals surface area contributed by atoms with Gasteiger partial charge in [0.15, 0.2) is 0 Å². The Hall–Kier alpha value is -1.76. The Morgan fingerprint density at radius 2 is 2.24 bits per heavy atom. The number of carbonyl (C=O) groups is 2. The van der Waals surface area contributed by atoms with Gasteiger partial charge in [-0.2, -0.15) is 0 Å². The fourth-order valence-corrected chi connectivity index (χ4v) is 2.76. The average Bonchev–Trinajstić information content (AvgIpc) is 2.89. The van der Waals surface area contributed by atoms with Crippen LogP contribution in [-0.2, 0) is 9.53 Å². The maximum absolute atomic E-state index is 11.6. The molecule has 2 unspecified atom stereocenters. The minimum atomic E-state index is -1.12. The van der Waals surface area contributed by atoms with Gasteiger partial charge in [-0.25, -0.2) is 9.59 Å². The summed E-state index contributed by atoms with van der Waals surface area (Å²) in [6, 6.07) is 6.66. The van der Waals surface area contributed by atoms with E-state index in [0.717, 1.165) is 9.37 Å². The molecule has 0 radical (unpaired) electrons. The summed E-state index contributed by atoms with van der Waals surface area (Å²) in [7, 11) is 1.26. The summed E-state index contributed by atoms with van der Waals surface area (Å²) in [5, 5.41) is 9.14. The smallest absolute Gasteiger partial charge is 0.408 e. The lowest BCUT2D eigenvalue weighted by Gasteiger charge is -2.18. The monoisotopic (exact) mass is 357 g/mol. The van der Waals surface area contributed by atoms with Crippen molar-refractivity contribution in [3.63, 3.8) is 0 Å². The van der Waals surface area contributed by atoms with Gasteiger partial charge < -0.3 is 14.6 Å². The zero-order valence-electron chi connectivity index (χ0n) is 11.5. The molecule has 1 heterocycles. The number of ether oxygens (including phenoxy) is 2. The van der Waals surface area contributed by atoms with Gasteiger partial charge in [0.1, 0.15) is 11.8 Å². The van der Waals surface area contributed by atoms with E-state index >= 15 is 0 Å². The molecule has 0 saturated carbocycles. The molecule has 1 fully saturated rings. The van der Waals surface area contributed by atoms with Gasteiger partial charge in [0, 0.05) is 16.9 Å². The number of carboxylic acid groups (broad SMARTS) is 1. The Balaban J connectivity index is 1.96. The fraction of sp³-hybridized carbons (Fsp3) is 0.429. The van der Waals surface area contributed by atoms with Crippen LogP contribution in [0, 0.1) is 5.92 Å². The highest BCUT2D eigenvalue weighted by Crippen LogP contribution is 2.26. The maximum Gasteiger partial charge on any atom is 0.408 e. The molecule has 1 aliphatic rings. The van der Waals surface area contributed by atoms with E-state index in [4.69, 9.17) is 9.84 Å². The number of hydrogen-bond acceptors (Lipinski definition) is 4. The highest BCUT2D eigenvalue weighted by molar-refractivity contribution is 9.10. The Morgan fingerprint density at radius 1 is 1.48 bits per heavy atom. The Labute approximate surface area is 130 Å². The molecule has 1 aromatic rings. The second kappa shape index (κ2) is 6.80. The van der Waals surface area contributed by atoms with Crippen LogP contribution in [0.2, 0.25) is 0 Å². The molecule has 0 bridgehead atoms. The topological polar surface area (TPSA) is 76.1 Å². The first-order valence-corrected chi connectivity index (χ1v) is 7.26. The second-order valence-electron chi connectivity index (χ2n) is 4.84. The molecule has 1 saturated heterocycles. The Morgan fingerprint density at radius 3 is 2.86 bits per heavy atom. The summed E-state index contributed by atoms with van der Waals surface area (Å²) >= 11 is 3.36. The summed E-state index contributed by atoms with van der Waals surface area (Å²) in [5.74, 6) is 0.138. The molecule has 0 aliphatic carbocycles. The van der Waals surface area contributed by atoms with Crippen LogP contribution in [0.15, 0.2) is 28.7 Å². The van der Waals surface area contributed by atoms with E-state index in [1.54, 1.807) is 0 Å². The quantitative estimate of drug-likeness (QED) is 0.837. The van der Waals surface area contributed by atoms with Crippen LogP contribution in [-0.4, -0.2) is 48.4 Å². The van der Waals surface area contributed by atoms with Gasteiger partial charge in [-0.05, 0) is 24.6 Å². The maximum atomic E-state index is 11.6. The van der Waals surface area contributed by atoms with E-state index in [1.807, 2.05) is 24.3 Å². The summed E-state index contributed by atoms with van der Waals surface area (Å²) < 4.78 is 11.2. The number of nitrogens with zero attached hydrogens (tertiary/aromatic N) is 1. The largest absolute Gasteiger partial charge is 0.493 e. The number of likely N-dealkylation sites (tertiary alicyclic amines) is 1. The first kappa shape index (κ1) is 15.6. The van der Waals surface area contributed by atoms with Gasteiger partial charge in [-0.15, -0.1) is 0 Å². The zero-order chi connectivity index (χ0) is 15.4. The van der Waals surface area contributed by atoms with Gasteiger partial charge in [0.2, 0.25) is 0 Å². The van der Waals surface area contributed by atoms with Crippen molar-refractivity contribution >= 4 is 28.0 Å². The highest BCUT2D eigenvalue weighted by atomic mass is 79.9. The molecule has 1 aliphatic heterocycles. The third-order valence-corrected chi connectivity index (χ3v) is 3.88. The standard InChI is InChI=1S/C14H16BrNO5/c1-20-13(17)12-5-9(7-16(12)14(18)19)8-21-11-4-2-3-10(15)6-11/h2-4,6,9,12H,5,7-8H2,1H3,(H,18,19). The minimum absolute atomic E-state index is 0.0378. The van der Waals surface area contributed by atoms with Crippen LogP contribution in [0.1, 0.15) is 6.42 Å². The first-order chi connectivity index (χ1) is 10.0. The average molecular weight is 358 g/mol. The lowest BCUT2D eigenvalue weighted by molar-refractivity contribution is -0.145. The van der Waals surface area contributed by atoms with Crippen molar-refractivity contribution in [1.29, 1.82) is 0 Å². The molecular weight excluding hydrogens is 342 g/mol. The second-order valence-corrected chi connectivity index (χ2v) is 5.76. The number of rotatable bonds is 4. The molecule has 1 amide bonds. The predicted molar refractivity (Wildman–Crippen MR) is 78.3 cm³/mol. The van der Waals surface area contributed by atoms with Crippen LogP contribution in [0.3, 0.4) is 0 Å². The van der Waals surface area contributed by atoms with E-state index in [2.05, 4.69) is 20.7 Å². The van der Waals surface area contributed by atoms with E-state index in [-0.39, 0.29) is 12.5 Å². The lowest BCUT2D eigenvalue weighted by atomic mass is 10.1. The van der Waals surface area contributed by atoms with Crippen LogP contribution in [0.5, 0.6) is 5.75 Å². The van der Waals surface area contributed by atoms with Gasteiger partial charge >= 0.3 is 12.1 Å². The van der Waals surface area contributed by atoms with Gasteiger partial charge in [-0.1, -0.05) is 22.0 Å². The number of benzene rings is 1. The van der Waals surface area contributed by atoms with Crippen LogP contribution < -0.4 is 4.74 Å². The minimum Gasteiger partial charge on any atom is -0.493 e. The number of amides is 1. The number of halogens is 1. The molecule has 114 valence electrons. The highest BCUT2D eigenvalue weighted by Gasteiger charge is 2.40. The van der Waals surface area contributed by atoms with Crippen LogP contribution in [0.25, 0.3) is 0 Å². The van der Waals surface area contributed by atoms with Crippen molar-refractivity contribution < 1.29 is 24.2 Å². The molecule has 2 rings (SSSR count). The SMILES string of the molecule is COC(=O)C1CC(COc2cccc(Br)c2)CN1C(=O)O. The van der Waals surface area contributed by atoms with Crippen molar-refractivity contribution in [1.82, 2.24) is 4.90 Å². The lowest BCUT2D eigenvalue weighted by Crippen LogP contribution is -2.40. The van der Waals surface area contributed by atoms with Crippen molar-refractivity contribution in [2.45, 2.75) is 12.5 Å². The molecule has 7 heteroatoms. The van der Waals surface area contributed by atoms with Gasteiger partial charge in [0.25, 0.3) is 0 Å².